The van der Waals surface area contributed by atoms with Gasteiger partial charge in [-0.15, -0.1) is 0 Å². The fourth-order valence-electron chi connectivity index (χ4n) is 2.92. The van der Waals surface area contributed by atoms with Gasteiger partial charge in [-0.05, 0) is 18.8 Å². The van der Waals surface area contributed by atoms with Gasteiger partial charge in [-0.25, -0.2) is 4.98 Å². The van der Waals surface area contributed by atoms with Gasteiger partial charge in [-0.2, -0.15) is 5.10 Å². The summed E-state index contributed by atoms with van der Waals surface area (Å²) in [7, 11) is 0. The summed E-state index contributed by atoms with van der Waals surface area (Å²) < 4.78 is 11.3. The van der Waals surface area contributed by atoms with Gasteiger partial charge >= 0.3 is 0 Å². The highest BCUT2D eigenvalue weighted by atomic mass is 16.5. The lowest BCUT2D eigenvalue weighted by Gasteiger charge is -2.32. The Hall–Kier alpha value is -0.980. The van der Waals surface area contributed by atoms with E-state index in [0.29, 0.717) is 5.92 Å². The summed E-state index contributed by atoms with van der Waals surface area (Å²) in [6.07, 6.45) is 3.22. The summed E-state index contributed by atoms with van der Waals surface area (Å²) in [5, 5.41) is 7.32. The van der Waals surface area contributed by atoms with E-state index in [9.17, 15) is 0 Å². The Balaban J connectivity index is 1.56. The fourth-order valence-corrected chi connectivity index (χ4v) is 2.92. The molecule has 0 aromatic carbocycles. The topological polar surface area (TPSA) is 63.3 Å². The first kappa shape index (κ1) is 14.0. The van der Waals surface area contributed by atoms with E-state index in [-0.39, 0.29) is 6.10 Å². The average molecular weight is 280 g/mol. The molecule has 112 valence electrons. The van der Waals surface area contributed by atoms with Crippen LogP contribution >= 0.6 is 0 Å². The number of hydrogen-bond donors (Lipinski definition) is 1. The molecular formula is C14H24N4O2. The SMILES string of the molecule is CCCc1nc([C@H]2CN(C[C@@H]3CCOC3)CCO2)n[nH]1. The molecule has 1 aromatic heterocycles. The highest BCUT2D eigenvalue weighted by molar-refractivity contribution is 4.97. The van der Waals surface area contributed by atoms with Crippen molar-refractivity contribution in [3.05, 3.63) is 11.6 Å². The average Bonchev–Trinajstić information content (AvgIpc) is 3.11. The molecule has 2 aliphatic heterocycles. The van der Waals surface area contributed by atoms with Crippen molar-refractivity contribution in [1.29, 1.82) is 0 Å². The second-order valence-electron chi connectivity index (χ2n) is 5.74. The van der Waals surface area contributed by atoms with Gasteiger partial charge in [-0.1, -0.05) is 6.92 Å². The van der Waals surface area contributed by atoms with Crippen molar-refractivity contribution in [2.24, 2.45) is 5.92 Å². The van der Waals surface area contributed by atoms with Crippen LogP contribution in [0.4, 0.5) is 0 Å². The number of H-pyrrole nitrogens is 1. The van der Waals surface area contributed by atoms with Crippen LogP contribution in [-0.2, 0) is 15.9 Å². The maximum atomic E-state index is 5.83. The van der Waals surface area contributed by atoms with Gasteiger partial charge in [0.2, 0.25) is 0 Å². The number of rotatable bonds is 5. The molecule has 3 rings (SSSR count). The molecular weight excluding hydrogens is 256 g/mol. The number of aromatic nitrogens is 3. The molecule has 2 aliphatic rings. The van der Waals surface area contributed by atoms with Crippen LogP contribution in [-0.4, -0.2) is 59.5 Å². The van der Waals surface area contributed by atoms with Crippen LogP contribution in [0.2, 0.25) is 0 Å². The van der Waals surface area contributed by atoms with E-state index in [1.165, 1.54) is 6.42 Å². The van der Waals surface area contributed by atoms with Gasteiger partial charge in [0.25, 0.3) is 0 Å². The molecule has 0 aliphatic carbocycles. The van der Waals surface area contributed by atoms with Crippen LogP contribution in [0.1, 0.15) is 37.5 Å². The first-order valence-electron chi connectivity index (χ1n) is 7.68. The van der Waals surface area contributed by atoms with E-state index in [2.05, 4.69) is 27.0 Å². The van der Waals surface area contributed by atoms with Gasteiger partial charge in [0.05, 0.1) is 13.2 Å². The van der Waals surface area contributed by atoms with Crippen molar-refractivity contribution in [2.45, 2.75) is 32.3 Å². The number of morpholine rings is 1. The van der Waals surface area contributed by atoms with Crippen LogP contribution < -0.4 is 0 Å². The maximum Gasteiger partial charge on any atom is 0.180 e. The van der Waals surface area contributed by atoms with Crippen molar-refractivity contribution in [3.8, 4) is 0 Å². The molecule has 2 fully saturated rings. The molecule has 1 aromatic rings. The first-order valence-corrected chi connectivity index (χ1v) is 7.68. The largest absolute Gasteiger partial charge is 0.381 e. The lowest BCUT2D eigenvalue weighted by molar-refractivity contribution is -0.0388. The summed E-state index contributed by atoms with van der Waals surface area (Å²) in [6, 6.07) is 0. The van der Waals surface area contributed by atoms with E-state index in [1.54, 1.807) is 0 Å². The lowest BCUT2D eigenvalue weighted by atomic mass is 10.1. The van der Waals surface area contributed by atoms with Crippen LogP contribution in [0.3, 0.4) is 0 Å². The second kappa shape index (κ2) is 6.65. The van der Waals surface area contributed by atoms with Gasteiger partial charge < -0.3 is 9.47 Å². The normalized spacial score (nSPS) is 28.1. The second-order valence-corrected chi connectivity index (χ2v) is 5.74. The minimum Gasteiger partial charge on any atom is -0.381 e. The zero-order valence-electron chi connectivity index (χ0n) is 12.2. The molecule has 2 atom stereocenters. The predicted octanol–water partition coefficient (Wildman–Crippen LogP) is 1.17. The molecule has 6 nitrogen and oxygen atoms in total. The van der Waals surface area contributed by atoms with E-state index in [0.717, 1.165) is 63.9 Å². The minimum atomic E-state index is 0.00734. The van der Waals surface area contributed by atoms with Gasteiger partial charge in [0.1, 0.15) is 11.9 Å². The van der Waals surface area contributed by atoms with Crippen molar-refractivity contribution < 1.29 is 9.47 Å². The molecule has 0 bridgehead atoms. The molecule has 0 unspecified atom stereocenters. The third-order valence-electron chi connectivity index (χ3n) is 4.01. The van der Waals surface area contributed by atoms with Crippen molar-refractivity contribution >= 4 is 0 Å². The predicted molar refractivity (Wildman–Crippen MR) is 74.4 cm³/mol. The maximum absolute atomic E-state index is 5.83. The molecule has 0 spiro atoms. The Bertz CT molecular complexity index is 417. The van der Waals surface area contributed by atoms with E-state index in [1.807, 2.05) is 0 Å². The van der Waals surface area contributed by atoms with Crippen LogP contribution in [0.15, 0.2) is 0 Å². The van der Waals surface area contributed by atoms with Gasteiger partial charge in [0, 0.05) is 32.7 Å². The van der Waals surface area contributed by atoms with Gasteiger partial charge in [0.15, 0.2) is 5.82 Å². The van der Waals surface area contributed by atoms with Crippen molar-refractivity contribution in [1.82, 2.24) is 20.1 Å². The highest BCUT2D eigenvalue weighted by Gasteiger charge is 2.27. The number of aryl methyl sites for hydroxylation is 1. The summed E-state index contributed by atoms with van der Waals surface area (Å²) in [4.78, 5) is 7.01. The van der Waals surface area contributed by atoms with E-state index >= 15 is 0 Å². The van der Waals surface area contributed by atoms with Gasteiger partial charge in [-0.3, -0.25) is 10.00 Å². The van der Waals surface area contributed by atoms with Crippen LogP contribution in [0.5, 0.6) is 0 Å². The molecule has 0 radical (unpaired) electrons. The molecule has 20 heavy (non-hydrogen) atoms. The smallest absolute Gasteiger partial charge is 0.180 e. The van der Waals surface area contributed by atoms with Crippen LogP contribution in [0, 0.1) is 5.92 Å². The standard InChI is InChI=1S/C14H24N4O2/c1-2-3-13-15-14(17-16-13)12-9-18(5-7-20-12)8-11-4-6-19-10-11/h11-12H,2-10H2,1H3,(H,15,16,17)/t11-,12+/m0/s1. The number of hydrogen-bond acceptors (Lipinski definition) is 5. The van der Waals surface area contributed by atoms with E-state index in [4.69, 9.17) is 9.47 Å². The Morgan fingerprint density at radius 2 is 2.35 bits per heavy atom. The summed E-state index contributed by atoms with van der Waals surface area (Å²) in [5.41, 5.74) is 0. The molecule has 3 heterocycles. The third kappa shape index (κ3) is 3.37. The van der Waals surface area contributed by atoms with Crippen molar-refractivity contribution in [3.63, 3.8) is 0 Å². The van der Waals surface area contributed by atoms with Crippen LogP contribution in [0.25, 0.3) is 0 Å². The molecule has 1 N–H and O–H groups in total. The molecule has 0 amide bonds. The Kier molecular flexibility index (Phi) is 4.65. The Morgan fingerprint density at radius 3 is 3.15 bits per heavy atom. The monoisotopic (exact) mass is 280 g/mol. The zero-order chi connectivity index (χ0) is 13.8. The highest BCUT2D eigenvalue weighted by Crippen LogP contribution is 2.22. The number of nitrogens with one attached hydrogen (secondary N) is 1. The van der Waals surface area contributed by atoms with E-state index < -0.39 is 0 Å². The number of aromatic amines is 1. The zero-order valence-corrected chi connectivity index (χ0v) is 12.2. The third-order valence-corrected chi connectivity index (χ3v) is 4.01. The quantitative estimate of drug-likeness (QED) is 0.877. The number of nitrogens with zero attached hydrogens (tertiary/aromatic N) is 3. The Morgan fingerprint density at radius 1 is 1.40 bits per heavy atom. The Labute approximate surface area is 119 Å². The summed E-state index contributed by atoms with van der Waals surface area (Å²) in [5.74, 6) is 2.45. The first-order chi connectivity index (χ1) is 9.85. The summed E-state index contributed by atoms with van der Waals surface area (Å²) in [6.45, 7) is 7.72. The lowest BCUT2D eigenvalue weighted by Crippen LogP contribution is -2.41. The molecule has 6 heteroatoms. The minimum absolute atomic E-state index is 0.00734. The summed E-state index contributed by atoms with van der Waals surface area (Å²) >= 11 is 0. The molecule has 0 saturated carbocycles. The molecule has 2 saturated heterocycles. The fraction of sp³-hybridized carbons (Fsp3) is 0.857. The van der Waals surface area contributed by atoms with Crippen molar-refractivity contribution in [2.75, 3.05) is 39.5 Å². The number of ether oxygens (including phenoxy) is 2.